The summed E-state index contributed by atoms with van der Waals surface area (Å²) in [5.74, 6) is -1.13. The van der Waals surface area contributed by atoms with Crippen LogP contribution in [-0.2, 0) is 19.1 Å². The van der Waals surface area contributed by atoms with Crippen LogP contribution in [0.1, 0.15) is 36.8 Å². The van der Waals surface area contributed by atoms with Crippen LogP contribution in [0.15, 0.2) is 58.9 Å². The van der Waals surface area contributed by atoms with E-state index in [0.29, 0.717) is 28.0 Å². The Labute approximate surface area is 229 Å². The minimum Gasteiger partial charge on any atom is -0.497 e. The highest BCUT2D eigenvalue weighted by Gasteiger charge is 2.39. The monoisotopic (exact) mass is 550 g/mol. The van der Waals surface area contributed by atoms with Crippen molar-refractivity contribution in [3.05, 3.63) is 84.8 Å². The van der Waals surface area contributed by atoms with E-state index in [1.807, 2.05) is 19.1 Å². The van der Waals surface area contributed by atoms with Gasteiger partial charge in [-0.15, -0.1) is 11.3 Å². The highest BCUT2D eigenvalue weighted by molar-refractivity contribution is 7.07. The van der Waals surface area contributed by atoms with Crippen LogP contribution < -0.4 is 30.0 Å². The molecule has 0 saturated heterocycles. The van der Waals surface area contributed by atoms with Crippen LogP contribution in [0.3, 0.4) is 0 Å². The van der Waals surface area contributed by atoms with Crippen molar-refractivity contribution < 1.29 is 28.5 Å². The third-order valence-electron chi connectivity index (χ3n) is 6.37. The quantitative estimate of drug-likeness (QED) is 0.319. The topological polar surface area (TPSA) is 119 Å². The molecule has 0 aliphatic carbocycles. The van der Waals surface area contributed by atoms with Gasteiger partial charge in [-0.3, -0.25) is 9.36 Å². The van der Waals surface area contributed by atoms with Crippen molar-refractivity contribution in [1.82, 2.24) is 4.57 Å². The van der Waals surface area contributed by atoms with Gasteiger partial charge in [-0.05, 0) is 47.9 Å². The predicted molar refractivity (Wildman–Crippen MR) is 149 cm³/mol. The van der Waals surface area contributed by atoms with E-state index in [1.54, 1.807) is 56.7 Å². The molecule has 39 heavy (non-hydrogen) atoms. The van der Waals surface area contributed by atoms with Gasteiger partial charge in [0.25, 0.3) is 5.56 Å². The number of thiazole rings is 1. The van der Waals surface area contributed by atoms with Gasteiger partial charge in [0, 0.05) is 0 Å². The first kappa shape index (κ1) is 27.7. The third kappa shape index (κ3) is 5.46. The summed E-state index contributed by atoms with van der Waals surface area (Å²) in [4.78, 5) is 40.4. The Morgan fingerprint density at radius 2 is 1.56 bits per heavy atom. The fourth-order valence-electron chi connectivity index (χ4n) is 4.32. The molecule has 1 unspecified atom stereocenters. The number of fused-ring (bicyclic) bond motifs is 1. The average molecular weight is 551 g/mol. The Hall–Kier alpha value is -4.31. The smallest absolute Gasteiger partial charge is 0.338 e. The SMILES string of the molecule is CCCCOC(=O)C1=C(N)n2c(sc(=Cc3ccc(OC)cc3)c2=O)=C(C(=O)OC)C1c1ccc(OC)cc1. The molecular formula is C29H30N2O7S. The second kappa shape index (κ2) is 12.0. The number of carbonyl (C=O) groups is 2. The fraction of sp³-hybridized carbons (Fsp3) is 0.276. The van der Waals surface area contributed by atoms with Gasteiger partial charge in [-0.1, -0.05) is 37.6 Å². The lowest BCUT2D eigenvalue weighted by Gasteiger charge is -2.27. The van der Waals surface area contributed by atoms with Gasteiger partial charge in [0.1, 0.15) is 22.0 Å². The average Bonchev–Trinajstić information content (AvgIpc) is 3.28. The van der Waals surface area contributed by atoms with Gasteiger partial charge < -0.3 is 24.7 Å². The first-order valence-electron chi connectivity index (χ1n) is 12.4. The van der Waals surface area contributed by atoms with Crippen molar-refractivity contribution in [2.45, 2.75) is 25.7 Å². The summed E-state index contributed by atoms with van der Waals surface area (Å²) in [7, 11) is 4.37. The van der Waals surface area contributed by atoms with E-state index in [-0.39, 0.29) is 28.2 Å². The van der Waals surface area contributed by atoms with E-state index in [9.17, 15) is 14.4 Å². The molecule has 1 aliphatic rings. The molecule has 4 rings (SSSR count). The summed E-state index contributed by atoms with van der Waals surface area (Å²) in [6.45, 7) is 2.15. The maximum Gasteiger partial charge on any atom is 0.338 e. The second-order valence-electron chi connectivity index (χ2n) is 8.73. The van der Waals surface area contributed by atoms with Crippen LogP contribution >= 0.6 is 11.3 Å². The van der Waals surface area contributed by atoms with Crippen LogP contribution in [0.2, 0.25) is 0 Å². The van der Waals surface area contributed by atoms with Crippen LogP contribution in [0.25, 0.3) is 17.5 Å². The van der Waals surface area contributed by atoms with Gasteiger partial charge in [0.2, 0.25) is 0 Å². The van der Waals surface area contributed by atoms with Gasteiger partial charge in [0.05, 0.1) is 49.5 Å². The molecular weight excluding hydrogens is 520 g/mol. The zero-order valence-electron chi connectivity index (χ0n) is 22.2. The number of benzene rings is 2. The number of hydrogen-bond acceptors (Lipinski definition) is 9. The molecule has 2 N–H and O–H groups in total. The van der Waals surface area contributed by atoms with Crippen LogP contribution in [-0.4, -0.2) is 44.4 Å². The Morgan fingerprint density at radius 1 is 0.949 bits per heavy atom. The number of unbranched alkanes of at least 4 members (excludes halogenated alkanes) is 1. The normalized spacial score (nSPS) is 15.1. The van der Waals surface area contributed by atoms with Crippen LogP contribution in [0.4, 0.5) is 0 Å². The predicted octanol–water partition coefficient (Wildman–Crippen LogP) is 2.35. The summed E-state index contributed by atoms with van der Waals surface area (Å²) in [6, 6.07) is 14.1. The lowest BCUT2D eigenvalue weighted by molar-refractivity contribution is -0.139. The molecule has 3 aromatic rings. The number of nitrogens with zero attached hydrogens (tertiary/aromatic N) is 1. The Morgan fingerprint density at radius 3 is 2.13 bits per heavy atom. The minimum atomic E-state index is -0.927. The van der Waals surface area contributed by atoms with Gasteiger partial charge in [0.15, 0.2) is 0 Å². The first-order chi connectivity index (χ1) is 18.8. The largest absolute Gasteiger partial charge is 0.497 e. The molecule has 9 nitrogen and oxygen atoms in total. The maximum atomic E-state index is 13.6. The lowest BCUT2D eigenvalue weighted by Crippen LogP contribution is -2.41. The molecule has 10 heteroatoms. The molecule has 0 amide bonds. The lowest BCUT2D eigenvalue weighted by atomic mass is 9.83. The van der Waals surface area contributed by atoms with E-state index < -0.39 is 23.4 Å². The minimum absolute atomic E-state index is 0.0000624. The van der Waals surface area contributed by atoms with E-state index >= 15 is 0 Å². The number of ether oxygens (including phenoxy) is 4. The molecule has 1 aromatic heterocycles. The summed E-state index contributed by atoms with van der Waals surface area (Å²) < 4.78 is 23.0. The molecule has 0 spiro atoms. The van der Waals surface area contributed by atoms with Gasteiger partial charge >= 0.3 is 11.9 Å². The number of rotatable bonds is 9. The standard InChI is InChI=1S/C29H30N2O7S/c1-5-6-15-38-29(34)23-22(18-9-13-20(36-3)14-10-18)24(28(33)37-4)27-31(25(23)30)26(32)21(39-27)16-17-7-11-19(35-2)12-8-17/h7-14,16,22H,5-6,15,30H2,1-4H3. The van der Waals surface area contributed by atoms with Crippen molar-refractivity contribution >= 4 is 40.7 Å². The molecule has 1 atom stereocenters. The van der Waals surface area contributed by atoms with Crippen molar-refractivity contribution in [2.75, 3.05) is 27.9 Å². The molecule has 1 aliphatic heterocycles. The number of methoxy groups -OCH3 is 3. The first-order valence-corrected chi connectivity index (χ1v) is 13.2. The summed E-state index contributed by atoms with van der Waals surface area (Å²) in [5.41, 5.74) is 7.56. The fourth-order valence-corrected chi connectivity index (χ4v) is 5.49. The number of aromatic nitrogens is 1. The van der Waals surface area contributed by atoms with Crippen molar-refractivity contribution in [3.63, 3.8) is 0 Å². The highest BCUT2D eigenvalue weighted by atomic mass is 32.1. The van der Waals surface area contributed by atoms with Crippen molar-refractivity contribution in [2.24, 2.45) is 5.73 Å². The number of carbonyl (C=O) groups excluding carboxylic acids is 2. The van der Waals surface area contributed by atoms with E-state index in [2.05, 4.69) is 0 Å². The van der Waals surface area contributed by atoms with Gasteiger partial charge in [-0.25, -0.2) is 9.59 Å². The van der Waals surface area contributed by atoms with Crippen LogP contribution in [0.5, 0.6) is 11.5 Å². The number of esters is 2. The Bertz CT molecular complexity index is 1580. The number of nitrogens with two attached hydrogens (primary N) is 1. The van der Waals surface area contributed by atoms with Crippen LogP contribution in [0, 0.1) is 0 Å². The Kier molecular flexibility index (Phi) is 8.55. The molecule has 0 bridgehead atoms. The van der Waals surface area contributed by atoms with Crippen molar-refractivity contribution in [3.8, 4) is 11.5 Å². The molecule has 2 aromatic carbocycles. The highest BCUT2D eigenvalue weighted by Crippen LogP contribution is 2.38. The zero-order valence-corrected chi connectivity index (χ0v) is 23.0. The molecule has 0 fully saturated rings. The van der Waals surface area contributed by atoms with E-state index in [4.69, 9.17) is 24.7 Å². The second-order valence-corrected chi connectivity index (χ2v) is 9.76. The summed E-state index contributed by atoms with van der Waals surface area (Å²) >= 11 is 1.10. The molecule has 2 heterocycles. The van der Waals surface area contributed by atoms with E-state index in [1.165, 1.54) is 11.7 Å². The third-order valence-corrected chi connectivity index (χ3v) is 7.48. The summed E-state index contributed by atoms with van der Waals surface area (Å²) in [6.07, 6.45) is 3.17. The maximum absolute atomic E-state index is 13.6. The molecule has 0 radical (unpaired) electrons. The van der Waals surface area contributed by atoms with E-state index in [0.717, 1.165) is 23.3 Å². The molecule has 204 valence electrons. The molecule has 0 saturated carbocycles. The zero-order chi connectivity index (χ0) is 28.1. The van der Waals surface area contributed by atoms with Gasteiger partial charge in [-0.2, -0.15) is 0 Å². The van der Waals surface area contributed by atoms with Crippen molar-refractivity contribution in [1.29, 1.82) is 0 Å². The summed E-state index contributed by atoms with van der Waals surface area (Å²) in [5, 5.41) is 0. The Balaban J connectivity index is 2.01. The number of hydrogen-bond donors (Lipinski definition) is 1.